The molecule has 148 valence electrons. The number of aromatic nitrogens is 4. The van der Waals surface area contributed by atoms with E-state index in [1.165, 1.54) is 24.8 Å². The zero-order valence-corrected chi connectivity index (χ0v) is 15.5. The molecule has 0 bridgehead atoms. The summed E-state index contributed by atoms with van der Waals surface area (Å²) in [4.78, 5) is 39.7. The molecule has 0 aromatic carbocycles. The standard InChI is InChI=1S/C18H24N8O2/c27-17(25-15-11-19-4-6-21-15)23-9-13-2-1-3-14(8-13)10-24-18(28)26-16-12-20-5-7-22-16/h4-7,11-14H,1-3,8-10H2,(H2,21,23,25,27)(H2,22,24,26,28)/t13-,14-/m0/s1. The Kier molecular flexibility index (Phi) is 7.05. The molecule has 3 rings (SSSR count). The Balaban J connectivity index is 1.35. The van der Waals surface area contributed by atoms with Gasteiger partial charge in [0.2, 0.25) is 0 Å². The highest BCUT2D eigenvalue weighted by atomic mass is 16.2. The molecule has 2 aromatic heterocycles. The number of nitrogens with zero attached hydrogens (tertiary/aromatic N) is 4. The van der Waals surface area contributed by atoms with E-state index in [1.54, 1.807) is 12.4 Å². The molecule has 28 heavy (non-hydrogen) atoms. The number of rotatable bonds is 6. The summed E-state index contributed by atoms with van der Waals surface area (Å²) < 4.78 is 0. The summed E-state index contributed by atoms with van der Waals surface area (Å²) in [6.07, 6.45) is 13.3. The van der Waals surface area contributed by atoms with Gasteiger partial charge in [0.1, 0.15) is 0 Å². The van der Waals surface area contributed by atoms with Gasteiger partial charge in [0, 0.05) is 37.9 Å². The topological polar surface area (TPSA) is 134 Å². The summed E-state index contributed by atoms with van der Waals surface area (Å²) >= 11 is 0. The van der Waals surface area contributed by atoms with Crippen LogP contribution >= 0.6 is 0 Å². The smallest absolute Gasteiger partial charge is 0.320 e. The van der Waals surface area contributed by atoms with E-state index in [0.29, 0.717) is 36.6 Å². The van der Waals surface area contributed by atoms with E-state index in [4.69, 9.17) is 0 Å². The van der Waals surface area contributed by atoms with Gasteiger partial charge >= 0.3 is 12.1 Å². The number of hydrogen-bond donors (Lipinski definition) is 4. The van der Waals surface area contributed by atoms with Crippen LogP contribution in [0.4, 0.5) is 21.2 Å². The third-order valence-electron chi connectivity index (χ3n) is 4.60. The number of nitrogens with one attached hydrogen (secondary N) is 4. The van der Waals surface area contributed by atoms with Crippen molar-refractivity contribution in [3.05, 3.63) is 37.2 Å². The molecule has 0 unspecified atom stereocenters. The zero-order valence-electron chi connectivity index (χ0n) is 15.5. The molecule has 0 spiro atoms. The molecule has 0 aliphatic heterocycles. The van der Waals surface area contributed by atoms with Crippen LogP contribution in [0.3, 0.4) is 0 Å². The van der Waals surface area contributed by atoms with Crippen LogP contribution in [0.25, 0.3) is 0 Å². The van der Waals surface area contributed by atoms with Crippen molar-refractivity contribution in [2.75, 3.05) is 23.7 Å². The molecule has 10 heteroatoms. The quantitative estimate of drug-likeness (QED) is 0.602. The molecule has 0 saturated heterocycles. The summed E-state index contributed by atoms with van der Waals surface area (Å²) in [6, 6.07) is -0.576. The fourth-order valence-corrected chi connectivity index (χ4v) is 3.30. The van der Waals surface area contributed by atoms with E-state index in [1.807, 2.05) is 0 Å². The first-order valence-corrected chi connectivity index (χ1v) is 9.31. The molecule has 0 radical (unpaired) electrons. The maximum atomic E-state index is 12.0. The second-order valence-electron chi connectivity index (χ2n) is 6.75. The van der Waals surface area contributed by atoms with Crippen molar-refractivity contribution in [3.8, 4) is 0 Å². The van der Waals surface area contributed by atoms with Crippen molar-refractivity contribution in [3.63, 3.8) is 0 Å². The van der Waals surface area contributed by atoms with Gasteiger partial charge in [0.15, 0.2) is 11.6 Å². The normalized spacial score (nSPS) is 18.7. The molecule has 1 aliphatic carbocycles. The Hall–Kier alpha value is -3.30. The second kappa shape index (κ2) is 10.1. The third-order valence-corrected chi connectivity index (χ3v) is 4.60. The lowest BCUT2D eigenvalue weighted by Gasteiger charge is -2.29. The molecule has 2 heterocycles. The number of carbonyl (C=O) groups excluding carboxylic acids is 2. The number of urea groups is 2. The number of anilines is 2. The summed E-state index contributed by atoms with van der Waals surface area (Å²) in [7, 11) is 0. The Morgan fingerprint density at radius 3 is 1.75 bits per heavy atom. The first kappa shape index (κ1) is 19.5. The monoisotopic (exact) mass is 384 g/mol. The highest BCUT2D eigenvalue weighted by molar-refractivity contribution is 5.88. The van der Waals surface area contributed by atoms with Gasteiger partial charge in [-0.25, -0.2) is 19.6 Å². The molecular formula is C18H24N8O2. The third kappa shape index (κ3) is 6.45. The molecule has 2 aromatic rings. The van der Waals surface area contributed by atoms with Crippen LogP contribution < -0.4 is 21.3 Å². The minimum Gasteiger partial charge on any atom is -0.338 e. The van der Waals surface area contributed by atoms with Gasteiger partial charge in [-0.15, -0.1) is 0 Å². The summed E-state index contributed by atoms with van der Waals surface area (Å²) in [6.45, 7) is 1.18. The Morgan fingerprint density at radius 2 is 1.32 bits per heavy atom. The summed E-state index contributed by atoms with van der Waals surface area (Å²) in [5.41, 5.74) is 0. The van der Waals surface area contributed by atoms with Crippen molar-refractivity contribution >= 4 is 23.7 Å². The van der Waals surface area contributed by atoms with E-state index < -0.39 is 0 Å². The lowest BCUT2D eigenvalue weighted by Crippen LogP contribution is -2.38. The average molecular weight is 384 g/mol. The molecule has 10 nitrogen and oxygen atoms in total. The van der Waals surface area contributed by atoms with Crippen molar-refractivity contribution in [1.82, 2.24) is 30.6 Å². The van der Waals surface area contributed by atoms with Crippen LogP contribution in [-0.2, 0) is 0 Å². The number of hydrogen-bond acceptors (Lipinski definition) is 6. The van der Waals surface area contributed by atoms with Crippen LogP contribution in [0.2, 0.25) is 0 Å². The molecule has 1 saturated carbocycles. The van der Waals surface area contributed by atoms with Gasteiger partial charge in [-0.05, 0) is 31.1 Å². The van der Waals surface area contributed by atoms with Gasteiger partial charge < -0.3 is 10.6 Å². The van der Waals surface area contributed by atoms with E-state index in [9.17, 15) is 9.59 Å². The highest BCUT2D eigenvalue weighted by Gasteiger charge is 2.23. The Labute approximate surface area is 163 Å². The molecule has 4 N–H and O–H groups in total. The SMILES string of the molecule is O=C(NC[C@H]1CCC[C@H](CNC(=O)Nc2cnccn2)C1)Nc1cnccn1. The molecule has 1 fully saturated rings. The maximum Gasteiger partial charge on any atom is 0.320 e. The summed E-state index contributed by atoms with van der Waals surface area (Å²) in [5.74, 6) is 1.60. The lowest BCUT2D eigenvalue weighted by atomic mass is 9.81. The fraction of sp³-hybridized carbons (Fsp3) is 0.444. The van der Waals surface area contributed by atoms with Crippen molar-refractivity contribution < 1.29 is 9.59 Å². The summed E-state index contributed by atoms with van der Waals surface area (Å²) in [5, 5.41) is 11.1. The molecule has 2 atom stereocenters. The van der Waals surface area contributed by atoms with E-state index in [0.717, 1.165) is 25.7 Å². The van der Waals surface area contributed by atoms with Crippen LogP contribution in [0.15, 0.2) is 37.2 Å². The Morgan fingerprint density at radius 1 is 0.821 bits per heavy atom. The second-order valence-corrected chi connectivity index (χ2v) is 6.75. The fourth-order valence-electron chi connectivity index (χ4n) is 3.30. The van der Waals surface area contributed by atoms with Gasteiger partial charge in [-0.2, -0.15) is 0 Å². The van der Waals surface area contributed by atoms with E-state index >= 15 is 0 Å². The van der Waals surface area contributed by atoms with Crippen molar-refractivity contribution in [1.29, 1.82) is 0 Å². The van der Waals surface area contributed by atoms with Crippen molar-refractivity contribution in [2.24, 2.45) is 11.8 Å². The minimum absolute atomic E-state index is 0.288. The first-order valence-electron chi connectivity index (χ1n) is 9.31. The van der Waals surface area contributed by atoms with Gasteiger partial charge in [-0.3, -0.25) is 20.6 Å². The van der Waals surface area contributed by atoms with Gasteiger partial charge in [0.05, 0.1) is 12.4 Å². The molecule has 4 amide bonds. The van der Waals surface area contributed by atoms with Crippen LogP contribution in [-0.4, -0.2) is 45.1 Å². The number of amides is 4. The van der Waals surface area contributed by atoms with Gasteiger partial charge in [0.25, 0.3) is 0 Å². The van der Waals surface area contributed by atoms with Crippen LogP contribution in [0, 0.1) is 11.8 Å². The van der Waals surface area contributed by atoms with E-state index in [2.05, 4.69) is 41.2 Å². The number of carbonyl (C=O) groups is 2. The first-order chi connectivity index (χ1) is 13.7. The minimum atomic E-state index is -0.288. The van der Waals surface area contributed by atoms with E-state index in [-0.39, 0.29) is 12.1 Å². The van der Waals surface area contributed by atoms with Crippen molar-refractivity contribution in [2.45, 2.75) is 25.7 Å². The predicted molar refractivity (Wildman–Crippen MR) is 104 cm³/mol. The molecule has 1 aliphatic rings. The lowest BCUT2D eigenvalue weighted by molar-refractivity contribution is 0.230. The van der Waals surface area contributed by atoms with Crippen LogP contribution in [0.5, 0.6) is 0 Å². The van der Waals surface area contributed by atoms with Crippen LogP contribution in [0.1, 0.15) is 25.7 Å². The Bertz CT molecular complexity index is 695. The highest BCUT2D eigenvalue weighted by Crippen LogP contribution is 2.28. The maximum absolute atomic E-state index is 12.0. The predicted octanol–water partition coefficient (Wildman–Crippen LogP) is 2.02. The average Bonchev–Trinajstić information content (AvgIpc) is 2.73. The van der Waals surface area contributed by atoms with Gasteiger partial charge in [-0.1, -0.05) is 6.42 Å². The largest absolute Gasteiger partial charge is 0.338 e. The molecular weight excluding hydrogens is 360 g/mol. The zero-order chi connectivity index (χ0) is 19.6.